The normalized spacial score (nSPS) is 13.1. The Balaban J connectivity index is 1.47. The molecule has 2 amide bonds. The summed E-state index contributed by atoms with van der Waals surface area (Å²) in [6, 6.07) is 22.7. The molecule has 0 saturated carbocycles. The van der Waals surface area contributed by atoms with Gasteiger partial charge in [0.25, 0.3) is 5.91 Å². The van der Waals surface area contributed by atoms with Crippen LogP contribution in [0.3, 0.4) is 0 Å². The molecule has 0 spiro atoms. The van der Waals surface area contributed by atoms with Crippen LogP contribution in [0.25, 0.3) is 17.3 Å². The number of carbonyl (C=O) groups excluding carboxylic acids is 2. The van der Waals surface area contributed by atoms with E-state index in [1.54, 1.807) is 44.0 Å². The molecule has 0 bridgehead atoms. The van der Waals surface area contributed by atoms with Crippen molar-refractivity contribution in [3.8, 4) is 28.8 Å². The zero-order valence-electron chi connectivity index (χ0n) is 26.6. The third-order valence-electron chi connectivity index (χ3n) is 7.89. The summed E-state index contributed by atoms with van der Waals surface area (Å²) in [6.07, 6.45) is 4.87. The van der Waals surface area contributed by atoms with Crippen LogP contribution in [0.15, 0.2) is 72.8 Å². The van der Waals surface area contributed by atoms with Crippen molar-refractivity contribution in [2.75, 3.05) is 41.4 Å². The molecule has 5 rings (SSSR count). The zero-order chi connectivity index (χ0) is 31.9. The van der Waals surface area contributed by atoms with Crippen LogP contribution in [0.2, 0.25) is 0 Å². The van der Waals surface area contributed by atoms with E-state index in [-0.39, 0.29) is 11.8 Å². The fourth-order valence-electron chi connectivity index (χ4n) is 5.43. The molecule has 4 aromatic rings. The Morgan fingerprint density at radius 1 is 0.889 bits per heavy atom. The van der Waals surface area contributed by atoms with Gasteiger partial charge in [0.15, 0.2) is 0 Å². The van der Waals surface area contributed by atoms with Gasteiger partial charge in [-0.3, -0.25) is 9.59 Å². The van der Waals surface area contributed by atoms with Crippen molar-refractivity contribution < 1.29 is 23.8 Å². The number of hydrogen-bond acceptors (Lipinski definition) is 6. The van der Waals surface area contributed by atoms with Crippen molar-refractivity contribution >= 4 is 23.5 Å². The summed E-state index contributed by atoms with van der Waals surface area (Å²) in [7, 11) is 6.63. The van der Waals surface area contributed by atoms with Gasteiger partial charge in [0.2, 0.25) is 11.8 Å². The van der Waals surface area contributed by atoms with Crippen molar-refractivity contribution in [1.82, 2.24) is 19.6 Å². The summed E-state index contributed by atoms with van der Waals surface area (Å²) in [5, 5.41) is 4.80. The first-order valence-electron chi connectivity index (χ1n) is 15.1. The Labute approximate surface area is 264 Å². The van der Waals surface area contributed by atoms with E-state index in [1.807, 2.05) is 84.6 Å². The summed E-state index contributed by atoms with van der Waals surface area (Å²) < 4.78 is 19.2. The van der Waals surface area contributed by atoms with Crippen molar-refractivity contribution in [1.29, 1.82) is 0 Å². The van der Waals surface area contributed by atoms with Gasteiger partial charge < -0.3 is 24.0 Å². The van der Waals surface area contributed by atoms with Crippen molar-refractivity contribution in [3.63, 3.8) is 0 Å². The average molecular weight is 609 g/mol. The number of para-hydroxylation sites is 1. The van der Waals surface area contributed by atoms with Crippen LogP contribution < -0.4 is 14.2 Å². The monoisotopic (exact) mass is 608 g/mol. The van der Waals surface area contributed by atoms with E-state index in [0.717, 1.165) is 54.0 Å². The van der Waals surface area contributed by atoms with Gasteiger partial charge in [0.05, 0.1) is 25.6 Å². The number of amides is 2. The number of hydrogen-bond donors (Lipinski definition) is 0. The van der Waals surface area contributed by atoms with E-state index in [2.05, 4.69) is 0 Å². The Morgan fingerprint density at radius 2 is 1.53 bits per heavy atom. The van der Waals surface area contributed by atoms with Crippen molar-refractivity contribution in [2.45, 2.75) is 32.6 Å². The standard InChI is InChI=1S/C36H40N4O5/c1-25-32(17-18-34(41)39-19-9-10-20-39)36(40(37-25)28-11-7-6-8-12-28)45-29-15-13-27(14-16-29)33(35(42)38(2)3)23-26-21-30(43-4)24-31(22-26)44-5/h6-8,11-16,21-24H,9-10,17-20H2,1-5H3. The summed E-state index contributed by atoms with van der Waals surface area (Å²) >= 11 is 0. The number of carbonyl (C=O) groups is 2. The fraction of sp³-hybridized carbons (Fsp3) is 0.306. The van der Waals surface area contributed by atoms with Crippen LogP contribution in [0.5, 0.6) is 23.1 Å². The molecule has 0 N–H and O–H groups in total. The highest BCUT2D eigenvalue weighted by molar-refractivity contribution is 6.24. The highest BCUT2D eigenvalue weighted by atomic mass is 16.5. The van der Waals surface area contributed by atoms with Gasteiger partial charge >= 0.3 is 0 Å². The average Bonchev–Trinajstić information content (AvgIpc) is 3.71. The number of methoxy groups -OCH3 is 2. The van der Waals surface area contributed by atoms with Crippen molar-refractivity contribution in [3.05, 3.63) is 95.2 Å². The molecule has 234 valence electrons. The number of ether oxygens (including phenoxy) is 3. The topological polar surface area (TPSA) is 86.1 Å². The number of aryl methyl sites for hydroxylation is 1. The molecule has 3 aromatic carbocycles. The van der Waals surface area contributed by atoms with E-state index in [4.69, 9.17) is 19.3 Å². The summed E-state index contributed by atoms with van der Waals surface area (Å²) in [6.45, 7) is 3.60. The molecule has 2 heterocycles. The number of aromatic nitrogens is 2. The van der Waals surface area contributed by atoms with Crippen LogP contribution in [-0.2, 0) is 16.0 Å². The lowest BCUT2D eigenvalue weighted by Crippen LogP contribution is -2.27. The van der Waals surface area contributed by atoms with Gasteiger partial charge in [0.1, 0.15) is 17.2 Å². The first kappa shape index (κ1) is 31.4. The maximum Gasteiger partial charge on any atom is 0.253 e. The molecule has 0 aliphatic carbocycles. The van der Waals surface area contributed by atoms with E-state index in [0.29, 0.717) is 41.5 Å². The van der Waals surface area contributed by atoms with E-state index in [9.17, 15) is 9.59 Å². The summed E-state index contributed by atoms with van der Waals surface area (Å²) in [4.78, 5) is 29.7. The third kappa shape index (κ3) is 7.37. The minimum absolute atomic E-state index is 0.145. The van der Waals surface area contributed by atoms with E-state index in [1.165, 1.54) is 0 Å². The lowest BCUT2D eigenvalue weighted by atomic mass is 10.0. The summed E-state index contributed by atoms with van der Waals surface area (Å²) in [5.41, 5.74) is 4.58. The lowest BCUT2D eigenvalue weighted by molar-refractivity contribution is -0.130. The number of benzene rings is 3. The van der Waals surface area contributed by atoms with Gasteiger partial charge in [-0.1, -0.05) is 30.3 Å². The smallest absolute Gasteiger partial charge is 0.253 e. The Bertz CT molecular complexity index is 1650. The van der Waals surface area contributed by atoms with Gasteiger partial charge in [-0.25, -0.2) is 4.68 Å². The molecule has 0 atom stereocenters. The van der Waals surface area contributed by atoms with Gasteiger partial charge in [-0.15, -0.1) is 0 Å². The molecule has 1 aromatic heterocycles. The second-order valence-corrected chi connectivity index (χ2v) is 11.2. The van der Waals surface area contributed by atoms with E-state index >= 15 is 0 Å². The zero-order valence-corrected chi connectivity index (χ0v) is 26.6. The maximum absolute atomic E-state index is 13.3. The van der Waals surface area contributed by atoms with E-state index < -0.39 is 0 Å². The second-order valence-electron chi connectivity index (χ2n) is 11.2. The predicted octanol–water partition coefficient (Wildman–Crippen LogP) is 6.17. The molecular weight excluding hydrogens is 568 g/mol. The highest BCUT2D eigenvalue weighted by Crippen LogP contribution is 2.33. The second kappa shape index (κ2) is 14.2. The van der Waals surface area contributed by atoms with Gasteiger partial charge in [0, 0.05) is 50.8 Å². The molecule has 9 heteroatoms. The Morgan fingerprint density at radius 3 is 2.13 bits per heavy atom. The van der Waals surface area contributed by atoms with Crippen LogP contribution in [0, 0.1) is 6.92 Å². The first-order valence-corrected chi connectivity index (χ1v) is 15.1. The third-order valence-corrected chi connectivity index (χ3v) is 7.89. The van der Waals surface area contributed by atoms with Gasteiger partial charge in [-0.2, -0.15) is 5.10 Å². The first-order chi connectivity index (χ1) is 21.8. The minimum atomic E-state index is -0.145. The predicted molar refractivity (Wildman–Crippen MR) is 175 cm³/mol. The fourth-order valence-corrected chi connectivity index (χ4v) is 5.43. The number of likely N-dealkylation sites (N-methyl/N-ethyl adjacent to an activating group) is 1. The lowest BCUT2D eigenvalue weighted by Gasteiger charge is -2.16. The molecule has 45 heavy (non-hydrogen) atoms. The van der Waals surface area contributed by atoms with Gasteiger partial charge in [-0.05, 0) is 79.8 Å². The molecule has 0 radical (unpaired) electrons. The molecule has 9 nitrogen and oxygen atoms in total. The number of rotatable bonds is 11. The molecule has 1 aliphatic rings. The number of likely N-dealkylation sites (tertiary alicyclic amines) is 1. The van der Waals surface area contributed by atoms with Crippen LogP contribution in [0.1, 0.15) is 41.6 Å². The quantitative estimate of drug-likeness (QED) is 0.150. The highest BCUT2D eigenvalue weighted by Gasteiger charge is 2.23. The largest absolute Gasteiger partial charge is 0.497 e. The molecule has 0 unspecified atom stereocenters. The maximum atomic E-state index is 13.3. The van der Waals surface area contributed by atoms with Crippen LogP contribution in [-0.4, -0.2) is 72.8 Å². The Kier molecular flexibility index (Phi) is 9.87. The molecule has 1 saturated heterocycles. The minimum Gasteiger partial charge on any atom is -0.497 e. The molecule has 1 aliphatic heterocycles. The number of nitrogens with zero attached hydrogens (tertiary/aromatic N) is 4. The van der Waals surface area contributed by atoms with Crippen molar-refractivity contribution in [2.24, 2.45) is 0 Å². The SMILES string of the molecule is COc1cc(C=C(C(=O)N(C)C)c2ccc(Oc3c(CCC(=O)N4CCCC4)c(C)nn3-c3ccccc3)cc2)cc(OC)c1. The summed E-state index contributed by atoms with van der Waals surface area (Å²) in [5.74, 6) is 2.43. The Hall–Kier alpha value is -5.05. The molecular formula is C36H40N4O5. The molecule has 1 fully saturated rings. The van der Waals surface area contributed by atoms with Crippen LogP contribution in [0.4, 0.5) is 0 Å². The van der Waals surface area contributed by atoms with Crippen LogP contribution >= 0.6 is 0 Å².